The van der Waals surface area contributed by atoms with Gasteiger partial charge in [0.1, 0.15) is 17.2 Å². The van der Waals surface area contributed by atoms with Crippen LogP contribution in [-0.2, 0) is 16.0 Å². The molecule has 2 atom stereocenters. The maximum atomic E-state index is 13.0. The lowest BCUT2D eigenvalue weighted by Crippen LogP contribution is -2.56. The number of amides is 1. The fraction of sp³-hybridized carbons (Fsp3) is 0.211. The average Bonchev–Trinajstić information content (AvgIpc) is 2.51. The second kappa shape index (κ2) is 5.46. The summed E-state index contributed by atoms with van der Waals surface area (Å²) in [5, 5.41) is 53.9. The number of Topliss-reactive ketones (excluding diaryl/α,β-unsaturated/α-hetero) is 2. The van der Waals surface area contributed by atoms with Crippen LogP contribution in [0.1, 0.15) is 22.3 Å². The van der Waals surface area contributed by atoms with Crippen molar-refractivity contribution < 1.29 is 39.9 Å². The third kappa shape index (κ3) is 2.20. The number of benzene rings is 2. The molecule has 2 aliphatic carbocycles. The largest absolute Gasteiger partial charge is 0.874 e. The van der Waals surface area contributed by atoms with Gasteiger partial charge in [0, 0.05) is 18.9 Å². The number of hydrogen-bond acceptors (Lipinski definition) is 8. The van der Waals surface area contributed by atoms with Crippen LogP contribution in [0.5, 0.6) is 17.2 Å². The number of carbonyl (C=O) groups excluding carboxylic acids is 3. The number of nitrogens with two attached hydrogens (primary N) is 1. The number of aliphatic hydroxyl groups is 1. The van der Waals surface area contributed by atoms with Gasteiger partial charge < -0.3 is 31.3 Å². The minimum atomic E-state index is -2.07. The summed E-state index contributed by atoms with van der Waals surface area (Å²) in [6, 6.07) is 3.59. The monoisotopic (exact) mass is 384 g/mol. The second-order valence-corrected chi connectivity index (χ2v) is 7.10. The van der Waals surface area contributed by atoms with E-state index in [2.05, 4.69) is 0 Å². The Morgan fingerprint density at radius 3 is 2.46 bits per heavy atom. The van der Waals surface area contributed by atoms with E-state index in [0.29, 0.717) is 0 Å². The Bertz CT molecular complexity index is 1150. The molecule has 6 N–H and O–H groups in total. The molecule has 0 saturated carbocycles. The van der Waals surface area contributed by atoms with Crippen molar-refractivity contribution in [1.82, 2.24) is 0 Å². The highest BCUT2D eigenvalue weighted by molar-refractivity contribution is 6.22. The lowest BCUT2D eigenvalue weighted by molar-refractivity contribution is -0.322. The molecule has 9 nitrogen and oxygen atoms in total. The number of primary amides is 1. The highest BCUT2D eigenvalue weighted by Gasteiger charge is 2.52. The number of fused-ring (bicyclic) bond motifs is 3. The summed E-state index contributed by atoms with van der Waals surface area (Å²) in [6.07, 6.45) is -0.987. The second-order valence-electron chi connectivity index (χ2n) is 7.10. The van der Waals surface area contributed by atoms with E-state index in [0.717, 1.165) is 6.07 Å². The summed E-state index contributed by atoms with van der Waals surface area (Å²) in [6.45, 7) is 0. The average molecular weight is 384 g/mol. The van der Waals surface area contributed by atoms with Gasteiger partial charge in [-0.15, -0.1) is 5.76 Å². The summed E-state index contributed by atoms with van der Waals surface area (Å²) < 4.78 is 0. The molecule has 144 valence electrons. The van der Waals surface area contributed by atoms with Crippen molar-refractivity contribution in [2.24, 2.45) is 11.7 Å². The Kier molecular flexibility index (Phi) is 3.47. The molecule has 0 spiro atoms. The van der Waals surface area contributed by atoms with Gasteiger partial charge in [-0.1, -0.05) is 0 Å². The Morgan fingerprint density at radius 2 is 1.82 bits per heavy atom. The van der Waals surface area contributed by atoms with Crippen LogP contribution in [0.25, 0.3) is 10.8 Å². The van der Waals surface area contributed by atoms with Crippen LogP contribution < -0.4 is 10.8 Å². The molecule has 1 amide bonds. The molecule has 0 aromatic heterocycles. The maximum Gasteiger partial charge on any atom is 0.251 e. The molecule has 0 bridgehead atoms. The predicted molar refractivity (Wildman–Crippen MR) is 91.3 cm³/mol. The minimum Gasteiger partial charge on any atom is -0.874 e. The van der Waals surface area contributed by atoms with Crippen LogP contribution in [-0.4, -0.2) is 43.5 Å². The van der Waals surface area contributed by atoms with Crippen LogP contribution in [0.4, 0.5) is 0 Å². The summed E-state index contributed by atoms with van der Waals surface area (Å²) in [5.74, 6) is -7.57. The molecule has 1 unspecified atom stereocenters. The molecule has 28 heavy (non-hydrogen) atoms. The Labute approximate surface area is 156 Å². The summed E-state index contributed by atoms with van der Waals surface area (Å²) >= 11 is 0. The van der Waals surface area contributed by atoms with Crippen molar-refractivity contribution >= 4 is 28.2 Å². The standard InChI is InChI=1S/C19H15NO8/c20-18(27)13-10(23)5-19(28)4-7-1-6-2-8(21)3-9(22)11(6)15(24)12(7)16(25)14(19)17(13)26/h1-3,14,21-22,24,26,28H,4-5H2,(H2,20,27)/p-1/t14?,19-/m1/s1. The van der Waals surface area contributed by atoms with Gasteiger partial charge in [0.15, 0.2) is 11.6 Å². The van der Waals surface area contributed by atoms with Crippen LogP contribution in [0.3, 0.4) is 0 Å². The zero-order chi connectivity index (χ0) is 20.5. The van der Waals surface area contributed by atoms with E-state index in [-0.39, 0.29) is 34.1 Å². The molecule has 0 heterocycles. The smallest absolute Gasteiger partial charge is 0.251 e. The number of rotatable bonds is 1. The number of carbonyl (C=O) groups is 3. The highest BCUT2D eigenvalue weighted by atomic mass is 16.3. The molecule has 2 aliphatic rings. The number of phenolic OH excluding ortho intramolecular Hbond substituents is 3. The lowest BCUT2D eigenvalue weighted by Gasteiger charge is -2.46. The minimum absolute atomic E-state index is 0.117. The normalized spacial score (nSPS) is 24.2. The molecular formula is C19H14NO8-. The van der Waals surface area contributed by atoms with Gasteiger partial charge in [-0.25, -0.2) is 0 Å². The summed E-state index contributed by atoms with van der Waals surface area (Å²) in [5.41, 5.74) is 1.98. The van der Waals surface area contributed by atoms with Gasteiger partial charge in [-0.2, -0.15) is 0 Å². The van der Waals surface area contributed by atoms with Crippen molar-refractivity contribution in [3.8, 4) is 17.2 Å². The number of phenols is 3. The van der Waals surface area contributed by atoms with Crippen molar-refractivity contribution in [2.45, 2.75) is 18.4 Å². The van der Waals surface area contributed by atoms with Crippen molar-refractivity contribution in [2.75, 3.05) is 0 Å². The number of aromatic hydroxyl groups is 3. The molecule has 4 rings (SSSR count). The first-order chi connectivity index (χ1) is 13.0. The SMILES string of the molecule is NC(=O)C1=C([O-])C2C(=O)c3c(cc4cc(O)cc(O)c4c3O)C[C@@]2(O)CC1=O. The van der Waals surface area contributed by atoms with Gasteiger partial charge in [0.25, 0.3) is 5.91 Å². The highest BCUT2D eigenvalue weighted by Crippen LogP contribution is 2.48. The van der Waals surface area contributed by atoms with E-state index in [9.17, 15) is 39.9 Å². The first kappa shape index (κ1) is 17.8. The molecule has 0 fully saturated rings. The zero-order valence-corrected chi connectivity index (χ0v) is 14.2. The zero-order valence-electron chi connectivity index (χ0n) is 14.2. The van der Waals surface area contributed by atoms with E-state index < -0.39 is 58.2 Å². The third-order valence-electron chi connectivity index (χ3n) is 5.30. The van der Waals surface area contributed by atoms with E-state index in [1.54, 1.807) is 0 Å². The Morgan fingerprint density at radius 1 is 1.14 bits per heavy atom. The molecule has 0 radical (unpaired) electrons. The van der Waals surface area contributed by atoms with Crippen LogP contribution >= 0.6 is 0 Å². The van der Waals surface area contributed by atoms with Crippen molar-refractivity contribution in [1.29, 1.82) is 0 Å². The topological polar surface area (TPSA) is 181 Å². The number of ketones is 2. The Balaban J connectivity index is 2.02. The molecular weight excluding hydrogens is 370 g/mol. The molecule has 9 heteroatoms. The van der Waals surface area contributed by atoms with E-state index in [1.165, 1.54) is 12.1 Å². The number of hydrogen-bond donors (Lipinski definition) is 5. The Hall–Kier alpha value is -3.59. The molecule has 2 aromatic rings. The van der Waals surface area contributed by atoms with Crippen LogP contribution in [0.2, 0.25) is 0 Å². The first-order valence-corrected chi connectivity index (χ1v) is 8.26. The first-order valence-electron chi connectivity index (χ1n) is 8.26. The van der Waals surface area contributed by atoms with Gasteiger partial charge in [0.2, 0.25) is 0 Å². The predicted octanol–water partition coefficient (Wildman–Crippen LogP) is -0.885. The van der Waals surface area contributed by atoms with Gasteiger partial charge in [-0.3, -0.25) is 14.4 Å². The van der Waals surface area contributed by atoms with E-state index in [1.807, 2.05) is 0 Å². The van der Waals surface area contributed by atoms with Crippen molar-refractivity contribution in [3.05, 3.63) is 40.7 Å². The van der Waals surface area contributed by atoms with Crippen LogP contribution in [0.15, 0.2) is 29.5 Å². The lowest BCUT2D eigenvalue weighted by atomic mass is 9.64. The molecule has 2 aromatic carbocycles. The fourth-order valence-electron chi connectivity index (χ4n) is 4.21. The molecule has 0 saturated heterocycles. The van der Waals surface area contributed by atoms with Crippen molar-refractivity contribution in [3.63, 3.8) is 0 Å². The summed E-state index contributed by atoms with van der Waals surface area (Å²) in [4.78, 5) is 36.7. The summed E-state index contributed by atoms with van der Waals surface area (Å²) in [7, 11) is 0. The van der Waals surface area contributed by atoms with E-state index in [4.69, 9.17) is 5.73 Å². The van der Waals surface area contributed by atoms with E-state index >= 15 is 0 Å². The van der Waals surface area contributed by atoms with Crippen LogP contribution in [0, 0.1) is 5.92 Å². The van der Waals surface area contributed by atoms with Gasteiger partial charge >= 0.3 is 0 Å². The molecule has 0 aliphatic heterocycles. The maximum absolute atomic E-state index is 13.0. The van der Waals surface area contributed by atoms with Gasteiger partial charge in [0.05, 0.1) is 28.0 Å². The van der Waals surface area contributed by atoms with Gasteiger partial charge in [-0.05, 0) is 23.1 Å². The fourth-order valence-corrected chi connectivity index (χ4v) is 4.21. The third-order valence-corrected chi connectivity index (χ3v) is 5.30. The quantitative estimate of drug-likeness (QED) is 0.393.